The molecule has 0 radical (unpaired) electrons. The maximum Gasteiger partial charge on any atom is 0.273 e. The second-order valence-corrected chi connectivity index (χ2v) is 6.86. The first kappa shape index (κ1) is 16.4. The summed E-state index contributed by atoms with van der Waals surface area (Å²) in [5.74, 6) is -0.491. The predicted molar refractivity (Wildman–Crippen MR) is 94.4 cm³/mol. The number of benzene rings is 1. The van der Waals surface area contributed by atoms with E-state index in [0.717, 1.165) is 11.3 Å². The Bertz CT molecular complexity index is 751. The SMILES string of the molecule is Cc1cccc(Nc2nc(C(=O)N3CCC(C(N)=O)CC3)cs2)c1. The number of thiazole rings is 1. The van der Waals surface area contributed by atoms with E-state index in [1.165, 1.54) is 11.3 Å². The minimum atomic E-state index is -0.277. The van der Waals surface area contributed by atoms with Crippen molar-refractivity contribution in [1.29, 1.82) is 0 Å². The van der Waals surface area contributed by atoms with Crippen LogP contribution in [0.15, 0.2) is 29.6 Å². The highest BCUT2D eigenvalue weighted by atomic mass is 32.1. The highest BCUT2D eigenvalue weighted by Gasteiger charge is 2.27. The summed E-state index contributed by atoms with van der Waals surface area (Å²) >= 11 is 1.40. The first-order valence-electron chi connectivity index (χ1n) is 7.91. The van der Waals surface area contributed by atoms with Gasteiger partial charge in [-0.25, -0.2) is 4.98 Å². The van der Waals surface area contributed by atoms with Gasteiger partial charge in [0.25, 0.3) is 5.91 Å². The normalized spacial score (nSPS) is 15.3. The van der Waals surface area contributed by atoms with E-state index < -0.39 is 0 Å². The molecule has 1 aliphatic rings. The number of amides is 2. The number of carbonyl (C=O) groups excluding carboxylic acids is 2. The van der Waals surface area contributed by atoms with E-state index in [1.807, 2.05) is 31.2 Å². The van der Waals surface area contributed by atoms with E-state index >= 15 is 0 Å². The maximum atomic E-state index is 12.5. The molecule has 2 amide bonds. The minimum Gasteiger partial charge on any atom is -0.369 e. The van der Waals surface area contributed by atoms with Crippen molar-refractivity contribution >= 4 is 34.0 Å². The molecule has 0 saturated carbocycles. The molecule has 2 heterocycles. The van der Waals surface area contributed by atoms with Crippen molar-refractivity contribution in [2.24, 2.45) is 11.7 Å². The fourth-order valence-corrected chi connectivity index (χ4v) is 3.51. The standard InChI is InChI=1S/C17H20N4O2S/c1-11-3-2-4-13(9-11)19-17-20-14(10-24-17)16(23)21-7-5-12(6-8-21)15(18)22/h2-4,9-10,12H,5-8H2,1H3,(H2,18,22)(H,19,20). The number of aromatic nitrogens is 1. The van der Waals surface area contributed by atoms with Crippen LogP contribution < -0.4 is 11.1 Å². The third-order valence-electron chi connectivity index (χ3n) is 4.18. The molecule has 6 nitrogen and oxygen atoms in total. The Morgan fingerprint density at radius 3 is 2.75 bits per heavy atom. The molecule has 0 unspecified atom stereocenters. The number of hydrogen-bond acceptors (Lipinski definition) is 5. The molecule has 2 aromatic rings. The van der Waals surface area contributed by atoms with Gasteiger partial charge < -0.3 is 16.0 Å². The Balaban J connectivity index is 1.63. The van der Waals surface area contributed by atoms with E-state index in [4.69, 9.17) is 5.73 Å². The van der Waals surface area contributed by atoms with Gasteiger partial charge in [0.05, 0.1) is 0 Å². The van der Waals surface area contributed by atoms with E-state index in [1.54, 1.807) is 10.3 Å². The number of rotatable bonds is 4. The van der Waals surface area contributed by atoms with Crippen LogP contribution in [-0.4, -0.2) is 34.8 Å². The third-order valence-corrected chi connectivity index (χ3v) is 4.93. The van der Waals surface area contributed by atoms with Gasteiger partial charge in [0.1, 0.15) is 5.69 Å². The quantitative estimate of drug-likeness (QED) is 0.892. The van der Waals surface area contributed by atoms with Crippen molar-refractivity contribution in [3.05, 3.63) is 40.9 Å². The van der Waals surface area contributed by atoms with Crippen molar-refractivity contribution in [3.8, 4) is 0 Å². The minimum absolute atomic E-state index is 0.0912. The lowest BCUT2D eigenvalue weighted by Gasteiger charge is -2.30. The van der Waals surface area contributed by atoms with Crippen molar-refractivity contribution in [3.63, 3.8) is 0 Å². The molecule has 0 spiro atoms. The second-order valence-electron chi connectivity index (χ2n) is 6.00. The summed E-state index contributed by atoms with van der Waals surface area (Å²) in [6, 6.07) is 7.99. The van der Waals surface area contributed by atoms with Crippen molar-refractivity contribution in [2.45, 2.75) is 19.8 Å². The van der Waals surface area contributed by atoms with Gasteiger partial charge in [-0.2, -0.15) is 0 Å². The van der Waals surface area contributed by atoms with Crippen LogP contribution in [0.4, 0.5) is 10.8 Å². The van der Waals surface area contributed by atoms with E-state index in [9.17, 15) is 9.59 Å². The summed E-state index contributed by atoms with van der Waals surface area (Å²) in [7, 11) is 0. The largest absolute Gasteiger partial charge is 0.369 e. The zero-order valence-electron chi connectivity index (χ0n) is 13.5. The fraction of sp³-hybridized carbons (Fsp3) is 0.353. The Morgan fingerprint density at radius 1 is 1.33 bits per heavy atom. The number of hydrogen-bond donors (Lipinski definition) is 2. The zero-order chi connectivity index (χ0) is 17.1. The Hall–Kier alpha value is -2.41. The van der Waals surface area contributed by atoms with Crippen LogP contribution in [-0.2, 0) is 4.79 Å². The molecule has 1 aromatic carbocycles. The number of nitrogens with two attached hydrogens (primary N) is 1. The first-order chi connectivity index (χ1) is 11.5. The van der Waals surface area contributed by atoms with Crippen LogP contribution in [0, 0.1) is 12.8 Å². The van der Waals surface area contributed by atoms with Crippen LogP contribution in [0.2, 0.25) is 0 Å². The van der Waals surface area contributed by atoms with Gasteiger partial charge in [0, 0.05) is 30.1 Å². The van der Waals surface area contributed by atoms with Crippen LogP contribution >= 0.6 is 11.3 Å². The van der Waals surface area contributed by atoms with Crippen molar-refractivity contribution in [1.82, 2.24) is 9.88 Å². The molecule has 1 saturated heterocycles. The van der Waals surface area contributed by atoms with E-state index in [2.05, 4.69) is 10.3 Å². The van der Waals surface area contributed by atoms with E-state index in [0.29, 0.717) is 36.8 Å². The molecule has 0 aliphatic carbocycles. The number of primary amides is 1. The van der Waals surface area contributed by atoms with Crippen LogP contribution in [0.1, 0.15) is 28.9 Å². The number of piperidine rings is 1. The third kappa shape index (κ3) is 3.73. The lowest BCUT2D eigenvalue weighted by atomic mass is 9.96. The summed E-state index contributed by atoms with van der Waals surface area (Å²) in [5, 5.41) is 5.68. The summed E-state index contributed by atoms with van der Waals surface area (Å²) < 4.78 is 0. The molecule has 7 heteroatoms. The van der Waals surface area contributed by atoms with Crippen LogP contribution in [0.3, 0.4) is 0 Å². The lowest BCUT2D eigenvalue weighted by Crippen LogP contribution is -2.41. The highest BCUT2D eigenvalue weighted by Crippen LogP contribution is 2.24. The summed E-state index contributed by atoms with van der Waals surface area (Å²) in [6.07, 6.45) is 1.25. The second kappa shape index (κ2) is 7.00. The average Bonchev–Trinajstić information content (AvgIpc) is 3.02. The smallest absolute Gasteiger partial charge is 0.273 e. The zero-order valence-corrected chi connectivity index (χ0v) is 14.3. The van der Waals surface area contributed by atoms with Gasteiger partial charge in [-0.1, -0.05) is 12.1 Å². The molecule has 0 atom stereocenters. The Labute approximate surface area is 144 Å². The number of nitrogens with zero attached hydrogens (tertiary/aromatic N) is 2. The van der Waals surface area contributed by atoms with Gasteiger partial charge in [-0.3, -0.25) is 9.59 Å². The number of anilines is 2. The van der Waals surface area contributed by atoms with Gasteiger partial charge in [-0.05, 0) is 37.5 Å². The predicted octanol–water partition coefficient (Wildman–Crippen LogP) is 2.53. The van der Waals surface area contributed by atoms with Crippen LogP contribution in [0.5, 0.6) is 0 Å². The summed E-state index contributed by atoms with van der Waals surface area (Å²) in [5.41, 5.74) is 7.87. The number of likely N-dealkylation sites (tertiary alicyclic amines) is 1. The van der Waals surface area contributed by atoms with Gasteiger partial charge in [0.15, 0.2) is 5.13 Å². The monoisotopic (exact) mass is 344 g/mol. The highest BCUT2D eigenvalue weighted by molar-refractivity contribution is 7.14. The molecule has 3 N–H and O–H groups in total. The van der Waals surface area contributed by atoms with Gasteiger partial charge >= 0.3 is 0 Å². The molecule has 1 fully saturated rings. The van der Waals surface area contributed by atoms with E-state index in [-0.39, 0.29) is 17.7 Å². The molecule has 126 valence electrons. The molecule has 24 heavy (non-hydrogen) atoms. The number of aryl methyl sites for hydroxylation is 1. The van der Waals surface area contributed by atoms with Gasteiger partial charge in [0.2, 0.25) is 5.91 Å². The first-order valence-corrected chi connectivity index (χ1v) is 8.78. The lowest BCUT2D eigenvalue weighted by molar-refractivity contribution is -0.123. The molecule has 1 aromatic heterocycles. The fourth-order valence-electron chi connectivity index (χ4n) is 2.80. The van der Waals surface area contributed by atoms with Crippen LogP contribution in [0.25, 0.3) is 0 Å². The summed E-state index contributed by atoms with van der Waals surface area (Å²) in [4.78, 5) is 29.9. The molecular weight excluding hydrogens is 324 g/mol. The molecule has 1 aliphatic heterocycles. The average molecular weight is 344 g/mol. The topological polar surface area (TPSA) is 88.3 Å². The Morgan fingerprint density at radius 2 is 2.08 bits per heavy atom. The molecule has 0 bridgehead atoms. The van der Waals surface area contributed by atoms with Gasteiger partial charge in [-0.15, -0.1) is 11.3 Å². The maximum absolute atomic E-state index is 12.5. The van der Waals surface area contributed by atoms with Crippen molar-refractivity contribution < 1.29 is 9.59 Å². The van der Waals surface area contributed by atoms with Crippen molar-refractivity contribution in [2.75, 3.05) is 18.4 Å². The molecule has 3 rings (SSSR count). The summed E-state index contributed by atoms with van der Waals surface area (Å²) in [6.45, 7) is 3.12. The molecular formula is C17H20N4O2S. The Kier molecular flexibility index (Phi) is 4.80. The number of carbonyl (C=O) groups is 2. The number of nitrogens with one attached hydrogen (secondary N) is 1.